The summed E-state index contributed by atoms with van der Waals surface area (Å²) in [5.74, 6) is 1.56. The van der Waals surface area contributed by atoms with Gasteiger partial charge < -0.3 is 14.6 Å². The van der Waals surface area contributed by atoms with Crippen LogP contribution in [0.15, 0.2) is 78.9 Å². The molecule has 5 rings (SSSR count). The molecule has 0 spiro atoms. The summed E-state index contributed by atoms with van der Waals surface area (Å²) in [5, 5.41) is 0. The minimum absolute atomic E-state index is 0.0131. The van der Waals surface area contributed by atoms with E-state index in [0.717, 1.165) is 53.1 Å². The molecule has 1 amide bonds. The highest BCUT2D eigenvalue weighted by Gasteiger charge is 2.32. The first-order valence-electron chi connectivity index (χ1n) is 10.3. The van der Waals surface area contributed by atoms with Gasteiger partial charge >= 0.3 is 0 Å². The van der Waals surface area contributed by atoms with Gasteiger partial charge in [-0.15, -0.1) is 0 Å². The number of nitrogens with one attached hydrogen (secondary N) is 1. The highest BCUT2D eigenvalue weighted by atomic mass is 16.5. The largest absolute Gasteiger partial charge is 0.483 e. The van der Waals surface area contributed by atoms with Gasteiger partial charge in [0.25, 0.3) is 5.91 Å². The number of hydrogen-bond donors (Lipinski definition) is 1. The minimum Gasteiger partial charge on any atom is -0.483 e. The molecule has 0 aliphatic carbocycles. The zero-order valence-corrected chi connectivity index (χ0v) is 16.6. The van der Waals surface area contributed by atoms with Gasteiger partial charge in [0, 0.05) is 12.1 Å². The summed E-state index contributed by atoms with van der Waals surface area (Å²) in [6.07, 6.45) is 1.88. The molecule has 1 atom stereocenters. The number of fused-ring (bicyclic) bond motifs is 1. The van der Waals surface area contributed by atoms with Crippen LogP contribution in [0.1, 0.15) is 24.7 Å². The van der Waals surface area contributed by atoms with Gasteiger partial charge in [0.15, 0.2) is 6.61 Å². The Labute approximate surface area is 175 Å². The second-order valence-corrected chi connectivity index (χ2v) is 7.54. The van der Waals surface area contributed by atoms with Crippen molar-refractivity contribution in [3.8, 4) is 16.9 Å². The zero-order valence-electron chi connectivity index (χ0n) is 16.6. The molecule has 150 valence electrons. The van der Waals surface area contributed by atoms with Crippen LogP contribution < -0.4 is 4.74 Å². The lowest BCUT2D eigenvalue weighted by molar-refractivity contribution is -0.134. The fourth-order valence-corrected chi connectivity index (χ4v) is 4.15. The highest BCUT2D eigenvalue weighted by molar-refractivity contribution is 5.80. The molecule has 1 aliphatic rings. The molecule has 0 radical (unpaired) electrons. The number of carbonyl (C=O) groups is 1. The minimum atomic E-state index is -0.0298. The van der Waals surface area contributed by atoms with E-state index in [4.69, 9.17) is 9.72 Å². The van der Waals surface area contributed by atoms with Crippen LogP contribution in [0, 0.1) is 0 Å². The van der Waals surface area contributed by atoms with Crippen molar-refractivity contribution in [3.05, 3.63) is 84.7 Å². The Morgan fingerprint density at radius 1 is 1.00 bits per heavy atom. The number of likely N-dealkylation sites (tertiary alicyclic amines) is 1. The van der Waals surface area contributed by atoms with Gasteiger partial charge in [-0.1, -0.05) is 60.7 Å². The van der Waals surface area contributed by atoms with Gasteiger partial charge in [0.2, 0.25) is 0 Å². The van der Waals surface area contributed by atoms with E-state index >= 15 is 0 Å². The van der Waals surface area contributed by atoms with E-state index in [0.29, 0.717) is 0 Å². The van der Waals surface area contributed by atoms with Crippen LogP contribution in [0.4, 0.5) is 0 Å². The Morgan fingerprint density at radius 2 is 1.77 bits per heavy atom. The van der Waals surface area contributed by atoms with Crippen LogP contribution in [-0.4, -0.2) is 33.9 Å². The Balaban J connectivity index is 1.32. The lowest BCUT2D eigenvalue weighted by Crippen LogP contribution is -2.34. The second-order valence-electron chi connectivity index (χ2n) is 7.54. The molecule has 5 heteroatoms. The molecule has 0 saturated carbocycles. The third kappa shape index (κ3) is 3.54. The van der Waals surface area contributed by atoms with E-state index in [-0.39, 0.29) is 18.6 Å². The number of carbonyl (C=O) groups excluding carboxylic acids is 1. The van der Waals surface area contributed by atoms with Gasteiger partial charge in [-0.3, -0.25) is 4.79 Å². The van der Waals surface area contributed by atoms with Crippen molar-refractivity contribution in [2.45, 2.75) is 18.9 Å². The number of imidazole rings is 1. The molecule has 3 aromatic carbocycles. The molecule has 1 fully saturated rings. The average molecular weight is 397 g/mol. The van der Waals surface area contributed by atoms with Crippen molar-refractivity contribution in [1.29, 1.82) is 0 Å². The molecular formula is C25H23N3O2. The van der Waals surface area contributed by atoms with Crippen molar-refractivity contribution in [2.75, 3.05) is 13.2 Å². The topological polar surface area (TPSA) is 58.2 Å². The van der Waals surface area contributed by atoms with Crippen molar-refractivity contribution >= 4 is 16.9 Å². The molecule has 1 aliphatic heterocycles. The Morgan fingerprint density at radius 3 is 2.63 bits per heavy atom. The van der Waals surface area contributed by atoms with Crippen molar-refractivity contribution in [1.82, 2.24) is 14.9 Å². The molecule has 1 N–H and O–H groups in total. The van der Waals surface area contributed by atoms with Crippen LogP contribution in [0.2, 0.25) is 0 Å². The number of aromatic amines is 1. The molecule has 4 aromatic rings. The van der Waals surface area contributed by atoms with Gasteiger partial charge in [0.05, 0.1) is 17.1 Å². The standard InChI is InChI=1S/C25H23N3O2/c29-24(17-30-23-15-7-4-11-19(23)18-9-2-1-3-10-18)28-16-8-14-22(28)25-26-20-12-5-6-13-21(20)27-25/h1-7,9-13,15,22H,8,14,16-17H2,(H,26,27)/t22-/m1/s1. The van der Waals surface area contributed by atoms with Crippen LogP contribution in [-0.2, 0) is 4.79 Å². The number of rotatable bonds is 5. The van der Waals surface area contributed by atoms with Crippen LogP contribution >= 0.6 is 0 Å². The summed E-state index contributed by atoms with van der Waals surface area (Å²) in [6, 6.07) is 25.8. The maximum Gasteiger partial charge on any atom is 0.261 e. The van der Waals surface area contributed by atoms with Crippen molar-refractivity contribution < 1.29 is 9.53 Å². The highest BCUT2D eigenvalue weighted by Crippen LogP contribution is 2.33. The van der Waals surface area contributed by atoms with Crippen LogP contribution in [0.3, 0.4) is 0 Å². The predicted octanol–water partition coefficient (Wildman–Crippen LogP) is 4.97. The summed E-state index contributed by atoms with van der Waals surface area (Å²) in [7, 11) is 0. The smallest absolute Gasteiger partial charge is 0.261 e. The summed E-state index contributed by atoms with van der Waals surface area (Å²) in [4.78, 5) is 23.0. The number of aromatic nitrogens is 2. The molecular weight excluding hydrogens is 374 g/mol. The zero-order chi connectivity index (χ0) is 20.3. The third-order valence-corrected chi connectivity index (χ3v) is 5.62. The van der Waals surface area contributed by atoms with E-state index in [1.54, 1.807) is 0 Å². The third-order valence-electron chi connectivity index (χ3n) is 5.62. The van der Waals surface area contributed by atoms with Crippen molar-refractivity contribution in [2.24, 2.45) is 0 Å². The van der Waals surface area contributed by atoms with E-state index in [1.165, 1.54) is 0 Å². The number of amides is 1. The molecule has 0 unspecified atom stereocenters. The van der Waals surface area contributed by atoms with E-state index < -0.39 is 0 Å². The Hall–Kier alpha value is -3.60. The quantitative estimate of drug-likeness (QED) is 0.517. The van der Waals surface area contributed by atoms with Gasteiger partial charge in [0.1, 0.15) is 11.6 Å². The lowest BCUT2D eigenvalue weighted by atomic mass is 10.1. The fraction of sp³-hybridized carbons (Fsp3) is 0.200. The summed E-state index contributed by atoms with van der Waals surface area (Å²) >= 11 is 0. The molecule has 30 heavy (non-hydrogen) atoms. The Bertz CT molecular complexity index is 1140. The molecule has 2 heterocycles. The average Bonchev–Trinajstić information content (AvgIpc) is 3.45. The van der Waals surface area contributed by atoms with Gasteiger partial charge in [-0.2, -0.15) is 0 Å². The Kier molecular flexibility index (Phi) is 4.93. The van der Waals surface area contributed by atoms with E-state index in [9.17, 15) is 4.79 Å². The maximum absolute atomic E-state index is 13.0. The maximum atomic E-state index is 13.0. The van der Waals surface area contributed by atoms with E-state index in [2.05, 4.69) is 4.98 Å². The van der Waals surface area contributed by atoms with E-state index in [1.807, 2.05) is 83.8 Å². The second kappa shape index (κ2) is 8.03. The summed E-state index contributed by atoms with van der Waals surface area (Å²) < 4.78 is 5.99. The predicted molar refractivity (Wildman–Crippen MR) is 117 cm³/mol. The molecule has 5 nitrogen and oxygen atoms in total. The first-order chi connectivity index (χ1) is 14.8. The normalized spacial score (nSPS) is 16.1. The lowest BCUT2D eigenvalue weighted by Gasteiger charge is -2.23. The van der Waals surface area contributed by atoms with Crippen molar-refractivity contribution in [3.63, 3.8) is 0 Å². The monoisotopic (exact) mass is 397 g/mol. The van der Waals surface area contributed by atoms with Crippen LogP contribution in [0.25, 0.3) is 22.2 Å². The molecule has 1 aromatic heterocycles. The number of H-pyrrole nitrogens is 1. The van der Waals surface area contributed by atoms with Gasteiger partial charge in [-0.05, 0) is 36.6 Å². The summed E-state index contributed by atoms with van der Waals surface area (Å²) in [5.41, 5.74) is 3.99. The first kappa shape index (κ1) is 18.4. The first-order valence-corrected chi connectivity index (χ1v) is 10.3. The number of para-hydroxylation sites is 3. The van der Waals surface area contributed by atoms with Gasteiger partial charge in [-0.25, -0.2) is 4.98 Å². The SMILES string of the molecule is O=C(COc1ccccc1-c1ccccc1)N1CCC[C@@H]1c1nc2ccccc2[nH]1. The number of hydrogen-bond acceptors (Lipinski definition) is 3. The fourth-order valence-electron chi connectivity index (χ4n) is 4.15. The van der Waals surface area contributed by atoms with Crippen LogP contribution in [0.5, 0.6) is 5.75 Å². The number of nitrogens with zero attached hydrogens (tertiary/aromatic N) is 2. The number of benzene rings is 3. The number of ether oxygens (including phenoxy) is 1. The molecule has 1 saturated heterocycles. The summed E-state index contributed by atoms with van der Waals surface area (Å²) in [6.45, 7) is 0.741. The molecule has 0 bridgehead atoms.